The first-order valence-electron chi connectivity index (χ1n) is 9.37. The van der Waals surface area contributed by atoms with Crippen molar-refractivity contribution in [1.82, 2.24) is 20.1 Å². The molecule has 6 heteroatoms. The Morgan fingerprint density at radius 3 is 2.63 bits per heavy atom. The molecule has 4 rings (SSSR count). The molecule has 0 saturated carbocycles. The van der Waals surface area contributed by atoms with Crippen molar-refractivity contribution in [1.29, 1.82) is 0 Å². The number of rotatable bonds is 3. The molecule has 1 aliphatic rings. The average Bonchev–Trinajstić information content (AvgIpc) is 2.73. The number of pyridine rings is 1. The normalized spacial score (nSPS) is 14.6. The first-order valence-corrected chi connectivity index (χ1v) is 9.37. The number of fused-ring (bicyclic) bond motifs is 1. The number of anilines is 1. The Labute approximate surface area is 158 Å². The molecule has 1 saturated heterocycles. The summed E-state index contributed by atoms with van der Waals surface area (Å²) in [5.41, 5.74) is 3.36. The second kappa shape index (κ2) is 7.31. The summed E-state index contributed by atoms with van der Waals surface area (Å²) in [5, 5.41) is 10.6. The number of amides is 1. The summed E-state index contributed by atoms with van der Waals surface area (Å²) in [6, 6.07) is 10.1. The first-order chi connectivity index (χ1) is 13.2. The monoisotopic (exact) mass is 361 g/mol. The highest BCUT2D eigenvalue weighted by Crippen LogP contribution is 2.26. The van der Waals surface area contributed by atoms with Gasteiger partial charge in [-0.05, 0) is 19.4 Å². The van der Waals surface area contributed by atoms with Crippen LogP contribution in [0.2, 0.25) is 0 Å². The minimum absolute atomic E-state index is 0.0561. The smallest absolute Gasteiger partial charge is 0.255 e. The largest absolute Gasteiger partial charge is 0.366 e. The van der Waals surface area contributed by atoms with Gasteiger partial charge in [0.1, 0.15) is 0 Å². The van der Waals surface area contributed by atoms with Crippen LogP contribution in [0, 0.1) is 6.92 Å². The number of carbonyl (C=O) groups excluding carboxylic acids is 1. The van der Waals surface area contributed by atoms with Crippen LogP contribution in [0.15, 0.2) is 42.7 Å². The molecule has 0 unspecified atom stereocenters. The zero-order valence-corrected chi connectivity index (χ0v) is 15.7. The van der Waals surface area contributed by atoms with Gasteiger partial charge in [0.05, 0.1) is 28.8 Å². The van der Waals surface area contributed by atoms with Gasteiger partial charge in [0.15, 0.2) is 0 Å². The Hall–Kier alpha value is -3.02. The van der Waals surface area contributed by atoms with Gasteiger partial charge in [0.25, 0.3) is 5.91 Å². The van der Waals surface area contributed by atoms with E-state index < -0.39 is 0 Å². The van der Waals surface area contributed by atoms with Crippen molar-refractivity contribution in [2.24, 2.45) is 0 Å². The van der Waals surface area contributed by atoms with Crippen LogP contribution in [-0.4, -0.2) is 52.2 Å². The van der Waals surface area contributed by atoms with Crippen molar-refractivity contribution in [2.45, 2.75) is 20.3 Å². The summed E-state index contributed by atoms with van der Waals surface area (Å²) in [6.07, 6.45) is 4.52. The van der Waals surface area contributed by atoms with Gasteiger partial charge in [-0.15, -0.1) is 0 Å². The van der Waals surface area contributed by atoms with Crippen LogP contribution in [0.1, 0.15) is 28.7 Å². The molecule has 3 heterocycles. The van der Waals surface area contributed by atoms with E-state index in [1.165, 1.54) is 5.39 Å². The van der Waals surface area contributed by atoms with Crippen LogP contribution in [0.25, 0.3) is 10.8 Å². The number of benzene rings is 1. The third-order valence-electron chi connectivity index (χ3n) is 5.11. The van der Waals surface area contributed by atoms with Gasteiger partial charge in [-0.3, -0.25) is 9.78 Å². The molecule has 6 nitrogen and oxygen atoms in total. The molecule has 1 aromatic carbocycles. The molecular formula is C21H23N5O. The van der Waals surface area contributed by atoms with Crippen molar-refractivity contribution in [3.05, 3.63) is 59.7 Å². The van der Waals surface area contributed by atoms with Crippen LogP contribution >= 0.6 is 0 Å². The Kier molecular flexibility index (Phi) is 4.71. The zero-order valence-electron chi connectivity index (χ0n) is 15.7. The fraction of sp³-hybridized carbons (Fsp3) is 0.333. The van der Waals surface area contributed by atoms with Gasteiger partial charge in [0, 0.05) is 43.1 Å². The van der Waals surface area contributed by atoms with E-state index in [1.807, 2.05) is 43.3 Å². The molecular weight excluding hydrogens is 338 g/mol. The first kappa shape index (κ1) is 17.4. The van der Waals surface area contributed by atoms with E-state index in [0.29, 0.717) is 25.1 Å². The molecule has 0 atom stereocenters. The van der Waals surface area contributed by atoms with Crippen molar-refractivity contribution in [3.63, 3.8) is 0 Å². The molecule has 0 bridgehead atoms. The second-order valence-corrected chi connectivity index (χ2v) is 6.86. The molecule has 1 fully saturated rings. The van der Waals surface area contributed by atoms with E-state index in [9.17, 15) is 4.79 Å². The van der Waals surface area contributed by atoms with Crippen LogP contribution in [0.5, 0.6) is 0 Å². The van der Waals surface area contributed by atoms with Gasteiger partial charge in [-0.1, -0.05) is 31.2 Å². The number of nitrogens with zero attached hydrogens (tertiary/aromatic N) is 5. The minimum atomic E-state index is 0.0561. The van der Waals surface area contributed by atoms with Crippen molar-refractivity contribution in [3.8, 4) is 0 Å². The zero-order chi connectivity index (χ0) is 18.8. The van der Waals surface area contributed by atoms with Crippen LogP contribution in [-0.2, 0) is 6.42 Å². The molecule has 2 aromatic heterocycles. The quantitative estimate of drug-likeness (QED) is 0.718. The summed E-state index contributed by atoms with van der Waals surface area (Å²) in [6.45, 7) is 6.83. The molecule has 0 N–H and O–H groups in total. The Morgan fingerprint density at radius 2 is 1.85 bits per heavy atom. The maximum absolute atomic E-state index is 13.0. The number of piperazine rings is 1. The number of hydrogen-bond donors (Lipinski definition) is 0. The summed E-state index contributed by atoms with van der Waals surface area (Å²) in [4.78, 5) is 21.6. The summed E-state index contributed by atoms with van der Waals surface area (Å²) in [7, 11) is 0. The molecule has 0 radical (unpaired) electrons. The highest BCUT2D eigenvalue weighted by molar-refractivity contribution is 5.96. The van der Waals surface area contributed by atoms with Crippen molar-refractivity contribution >= 4 is 22.4 Å². The van der Waals surface area contributed by atoms with Crippen LogP contribution < -0.4 is 4.90 Å². The third-order valence-corrected chi connectivity index (χ3v) is 5.11. The summed E-state index contributed by atoms with van der Waals surface area (Å²) < 4.78 is 0. The predicted molar refractivity (Wildman–Crippen MR) is 106 cm³/mol. The fourth-order valence-corrected chi connectivity index (χ4v) is 3.63. The van der Waals surface area contributed by atoms with Gasteiger partial charge in [0.2, 0.25) is 0 Å². The maximum atomic E-state index is 13.0. The van der Waals surface area contributed by atoms with Gasteiger partial charge in [-0.25, -0.2) is 0 Å². The van der Waals surface area contributed by atoms with E-state index in [0.717, 1.165) is 35.6 Å². The molecule has 27 heavy (non-hydrogen) atoms. The minimum Gasteiger partial charge on any atom is -0.366 e. The lowest BCUT2D eigenvalue weighted by Crippen LogP contribution is -2.49. The van der Waals surface area contributed by atoms with E-state index >= 15 is 0 Å². The van der Waals surface area contributed by atoms with Gasteiger partial charge < -0.3 is 9.80 Å². The second-order valence-electron chi connectivity index (χ2n) is 6.86. The molecule has 3 aromatic rings. The average molecular weight is 361 g/mol. The number of aryl methyl sites for hydroxylation is 2. The van der Waals surface area contributed by atoms with E-state index in [4.69, 9.17) is 0 Å². The summed E-state index contributed by atoms with van der Waals surface area (Å²) in [5.74, 6) is 0.0561. The standard InChI is InChI=1S/C21H23N5O/c1-3-19-18(12-15(2)23-24-19)21(27)26-10-8-25(9-11-26)20-14-22-13-16-6-4-5-7-17(16)20/h4-7,12-14H,3,8-11H2,1-2H3. The van der Waals surface area contributed by atoms with Crippen molar-refractivity contribution < 1.29 is 4.79 Å². The van der Waals surface area contributed by atoms with Crippen LogP contribution in [0.4, 0.5) is 5.69 Å². The summed E-state index contributed by atoms with van der Waals surface area (Å²) >= 11 is 0. The highest BCUT2D eigenvalue weighted by Gasteiger charge is 2.25. The van der Waals surface area contributed by atoms with Gasteiger partial charge >= 0.3 is 0 Å². The molecule has 0 spiro atoms. The fourth-order valence-electron chi connectivity index (χ4n) is 3.63. The highest BCUT2D eigenvalue weighted by atomic mass is 16.2. The Balaban J connectivity index is 1.52. The molecule has 1 amide bonds. The third kappa shape index (κ3) is 3.35. The molecule has 0 aliphatic carbocycles. The topological polar surface area (TPSA) is 62.2 Å². The maximum Gasteiger partial charge on any atom is 0.255 e. The number of aromatic nitrogens is 3. The van der Waals surface area contributed by atoms with Crippen molar-refractivity contribution in [2.75, 3.05) is 31.1 Å². The Bertz CT molecular complexity index is 974. The van der Waals surface area contributed by atoms with E-state index in [-0.39, 0.29) is 5.91 Å². The SMILES string of the molecule is CCc1nnc(C)cc1C(=O)N1CCN(c2cncc3ccccc23)CC1. The van der Waals surface area contributed by atoms with Gasteiger partial charge in [-0.2, -0.15) is 10.2 Å². The predicted octanol–water partition coefficient (Wildman–Crippen LogP) is 2.86. The number of carbonyl (C=O) groups is 1. The van der Waals surface area contributed by atoms with E-state index in [2.05, 4.69) is 38.3 Å². The lowest BCUT2D eigenvalue weighted by atomic mass is 10.1. The number of hydrogen-bond acceptors (Lipinski definition) is 5. The Morgan fingerprint density at radius 1 is 1.07 bits per heavy atom. The lowest BCUT2D eigenvalue weighted by Gasteiger charge is -2.36. The molecule has 1 aliphatic heterocycles. The molecule has 138 valence electrons. The van der Waals surface area contributed by atoms with Crippen LogP contribution in [0.3, 0.4) is 0 Å². The lowest BCUT2D eigenvalue weighted by molar-refractivity contribution is 0.0745. The van der Waals surface area contributed by atoms with E-state index in [1.54, 1.807) is 0 Å².